The van der Waals surface area contributed by atoms with Gasteiger partial charge in [0.15, 0.2) is 0 Å². The van der Waals surface area contributed by atoms with Crippen molar-refractivity contribution in [2.45, 2.75) is 39.3 Å². The number of fused-ring (bicyclic) bond motifs is 1. The van der Waals surface area contributed by atoms with Crippen LogP contribution in [0, 0.1) is 0 Å². The van der Waals surface area contributed by atoms with Crippen LogP contribution in [0.5, 0.6) is 0 Å². The molecular formula is C12H18N2. The molecule has 1 aliphatic heterocycles. The highest BCUT2D eigenvalue weighted by Gasteiger charge is 2.15. The van der Waals surface area contributed by atoms with E-state index < -0.39 is 0 Å². The minimum absolute atomic E-state index is 0.640. The zero-order valence-electron chi connectivity index (χ0n) is 9.03. The Hall–Kier alpha value is -0.890. The van der Waals surface area contributed by atoms with E-state index in [2.05, 4.69) is 29.8 Å². The second-order valence-electron chi connectivity index (χ2n) is 4.31. The van der Waals surface area contributed by atoms with E-state index in [4.69, 9.17) is 0 Å². The molecule has 1 aliphatic rings. The van der Waals surface area contributed by atoms with Crippen molar-refractivity contribution < 1.29 is 0 Å². The standard InChI is InChI=1S/C12H18N2/c1-10(2)14-7-3-4-11-5-6-13-8-12(11)9-14/h5-6,8,10H,3-4,7,9H2,1-2H3. The zero-order chi connectivity index (χ0) is 9.97. The van der Waals surface area contributed by atoms with Gasteiger partial charge in [0.05, 0.1) is 0 Å². The summed E-state index contributed by atoms with van der Waals surface area (Å²) in [6.45, 7) is 6.82. The van der Waals surface area contributed by atoms with Crippen molar-refractivity contribution in [2.75, 3.05) is 6.54 Å². The summed E-state index contributed by atoms with van der Waals surface area (Å²) in [6, 6.07) is 2.81. The summed E-state index contributed by atoms with van der Waals surface area (Å²) in [5.41, 5.74) is 2.90. The third kappa shape index (κ3) is 1.95. The normalized spacial score (nSPS) is 17.9. The summed E-state index contributed by atoms with van der Waals surface area (Å²) in [5, 5.41) is 0. The van der Waals surface area contributed by atoms with Crippen LogP contribution in [0.25, 0.3) is 0 Å². The minimum atomic E-state index is 0.640. The molecule has 14 heavy (non-hydrogen) atoms. The summed E-state index contributed by atoms with van der Waals surface area (Å²) < 4.78 is 0. The van der Waals surface area contributed by atoms with Gasteiger partial charge in [-0.05, 0) is 50.4 Å². The van der Waals surface area contributed by atoms with Gasteiger partial charge < -0.3 is 0 Å². The van der Waals surface area contributed by atoms with Crippen molar-refractivity contribution in [2.24, 2.45) is 0 Å². The predicted molar refractivity (Wildman–Crippen MR) is 58.1 cm³/mol. The van der Waals surface area contributed by atoms with Crippen LogP contribution in [0.15, 0.2) is 18.5 Å². The van der Waals surface area contributed by atoms with Crippen LogP contribution < -0.4 is 0 Å². The average Bonchev–Trinajstić information content (AvgIpc) is 2.39. The molecule has 1 aromatic rings. The Labute approximate surface area is 86.0 Å². The molecular weight excluding hydrogens is 172 g/mol. The maximum absolute atomic E-state index is 4.21. The van der Waals surface area contributed by atoms with Crippen LogP contribution >= 0.6 is 0 Å². The predicted octanol–water partition coefficient (Wildman–Crippen LogP) is 2.24. The lowest BCUT2D eigenvalue weighted by molar-refractivity contribution is 0.216. The van der Waals surface area contributed by atoms with E-state index in [-0.39, 0.29) is 0 Å². The molecule has 0 spiro atoms. The van der Waals surface area contributed by atoms with Gasteiger partial charge in [-0.15, -0.1) is 0 Å². The summed E-state index contributed by atoms with van der Waals surface area (Å²) in [6.07, 6.45) is 6.41. The summed E-state index contributed by atoms with van der Waals surface area (Å²) in [5.74, 6) is 0. The number of aryl methyl sites for hydroxylation is 1. The molecule has 0 radical (unpaired) electrons. The van der Waals surface area contributed by atoms with E-state index in [1.54, 1.807) is 0 Å². The molecule has 0 N–H and O–H groups in total. The number of nitrogens with zero attached hydrogens (tertiary/aromatic N) is 2. The first-order chi connectivity index (χ1) is 6.77. The molecule has 0 amide bonds. The van der Waals surface area contributed by atoms with E-state index in [1.807, 2.05) is 12.4 Å². The summed E-state index contributed by atoms with van der Waals surface area (Å²) in [4.78, 5) is 6.73. The first kappa shape index (κ1) is 9.66. The second kappa shape index (κ2) is 4.09. The van der Waals surface area contributed by atoms with Crippen LogP contribution in [0.2, 0.25) is 0 Å². The average molecular weight is 190 g/mol. The molecule has 0 bridgehead atoms. The van der Waals surface area contributed by atoms with E-state index in [9.17, 15) is 0 Å². The lowest BCUT2D eigenvalue weighted by atomic mass is 10.1. The second-order valence-corrected chi connectivity index (χ2v) is 4.31. The SMILES string of the molecule is CC(C)N1CCCc2ccncc2C1. The van der Waals surface area contributed by atoms with Gasteiger partial charge in [0.25, 0.3) is 0 Å². The smallest absolute Gasteiger partial charge is 0.0315 e. The molecule has 0 saturated heterocycles. The van der Waals surface area contributed by atoms with Gasteiger partial charge in [0.2, 0.25) is 0 Å². The number of aromatic nitrogens is 1. The largest absolute Gasteiger partial charge is 0.297 e. The van der Waals surface area contributed by atoms with Gasteiger partial charge in [-0.25, -0.2) is 0 Å². The Balaban J connectivity index is 2.22. The fourth-order valence-electron chi connectivity index (χ4n) is 2.05. The van der Waals surface area contributed by atoms with Crippen molar-refractivity contribution in [3.05, 3.63) is 29.6 Å². The molecule has 0 unspecified atom stereocenters. The van der Waals surface area contributed by atoms with Crippen LogP contribution in [-0.2, 0) is 13.0 Å². The number of rotatable bonds is 1. The molecule has 0 saturated carbocycles. The zero-order valence-corrected chi connectivity index (χ0v) is 9.03. The van der Waals surface area contributed by atoms with Crippen molar-refractivity contribution in [1.29, 1.82) is 0 Å². The van der Waals surface area contributed by atoms with Crippen molar-refractivity contribution >= 4 is 0 Å². The Kier molecular flexibility index (Phi) is 2.82. The lowest BCUT2D eigenvalue weighted by Gasteiger charge is -2.24. The fourth-order valence-corrected chi connectivity index (χ4v) is 2.05. The van der Waals surface area contributed by atoms with Gasteiger partial charge >= 0.3 is 0 Å². The molecule has 0 aliphatic carbocycles. The molecule has 2 heterocycles. The quantitative estimate of drug-likeness (QED) is 0.675. The van der Waals surface area contributed by atoms with Gasteiger partial charge in [-0.2, -0.15) is 0 Å². The third-order valence-electron chi connectivity index (χ3n) is 3.00. The fraction of sp³-hybridized carbons (Fsp3) is 0.583. The summed E-state index contributed by atoms with van der Waals surface area (Å²) >= 11 is 0. The van der Waals surface area contributed by atoms with Gasteiger partial charge in [-0.1, -0.05) is 0 Å². The van der Waals surface area contributed by atoms with Gasteiger partial charge in [0.1, 0.15) is 0 Å². The number of hydrogen-bond acceptors (Lipinski definition) is 2. The molecule has 0 aromatic carbocycles. The first-order valence-electron chi connectivity index (χ1n) is 5.43. The number of hydrogen-bond donors (Lipinski definition) is 0. The first-order valence-corrected chi connectivity index (χ1v) is 5.43. The van der Waals surface area contributed by atoms with Crippen LogP contribution in [0.1, 0.15) is 31.4 Å². The lowest BCUT2D eigenvalue weighted by Crippen LogP contribution is -2.30. The monoisotopic (exact) mass is 190 g/mol. The van der Waals surface area contributed by atoms with Crippen molar-refractivity contribution in [3.63, 3.8) is 0 Å². The highest BCUT2D eigenvalue weighted by Crippen LogP contribution is 2.18. The van der Waals surface area contributed by atoms with Crippen LogP contribution in [0.4, 0.5) is 0 Å². The highest BCUT2D eigenvalue weighted by molar-refractivity contribution is 5.24. The molecule has 2 heteroatoms. The number of pyridine rings is 1. The maximum atomic E-state index is 4.21. The molecule has 1 aromatic heterocycles. The van der Waals surface area contributed by atoms with E-state index in [0.717, 1.165) is 6.54 Å². The van der Waals surface area contributed by atoms with Crippen LogP contribution in [-0.4, -0.2) is 22.5 Å². The minimum Gasteiger partial charge on any atom is -0.297 e. The Morgan fingerprint density at radius 1 is 1.36 bits per heavy atom. The van der Waals surface area contributed by atoms with Gasteiger partial charge in [-0.3, -0.25) is 9.88 Å². The maximum Gasteiger partial charge on any atom is 0.0315 e. The molecule has 0 fully saturated rings. The summed E-state index contributed by atoms with van der Waals surface area (Å²) in [7, 11) is 0. The van der Waals surface area contributed by atoms with Crippen molar-refractivity contribution in [3.8, 4) is 0 Å². The Morgan fingerprint density at radius 2 is 2.21 bits per heavy atom. The van der Waals surface area contributed by atoms with E-state index in [0.29, 0.717) is 6.04 Å². The van der Waals surface area contributed by atoms with Crippen LogP contribution in [0.3, 0.4) is 0 Å². The Bertz CT molecular complexity index is 307. The molecule has 2 nitrogen and oxygen atoms in total. The van der Waals surface area contributed by atoms with Crippen molar-refractivity contribution in [1.82, 2.24) is 9.88 Å². The molecule has 76 valence electrons. The Morgan fingerprint density at radius 3 is 3.00 bits per heavy atom. The van der Waals surface area contributed by atoms with Gasteiger partial charge in [0, 0.05) is 25.0 Å². The highest BCUT2D eigenvalue weighted by atomic mass is 15.1. The van der Waals surface area contributed by atoms with E-state index >= 15 is 0 Å². The molecule has 2 rings (SSSR count). The topological polar surface area (TPSA) is 16.1 Å². The third-order valence-corrected chi connectivity index (χ3v) is 3.00. The molecule has 0 atom stereocenters. The van der Waals surface area contributed by atoms with E-state index in [1.165, 1.54) is 30.5 Å².